The highest BCUT2D eigenvalue weighted by Gasteiger charge is 2.26. The summed E-state index contributed by atoms with van der Waals surface area (Å²) in [6, 6.07) is 0. The Kier molecular flexibility index (Phi) is 5.03. The van der Waals surface area contributed by atoms with E-state index in [1.54, 1.807) is 0 Å². The largest absolute Gasteiger partial charge is 0.376 e. The molecule has 0 aromatic heterocycles. The second-order valence-corrected chi connectivity index (χ2v) is 5.28. The Balaban J connectivity index is 2.28. The predicted molar refractivity (Wildman–Crippen MR) is 63.9 cm³/mol. The molecule has 1 rings (SSSR count). The van der Waals surface area contributed by atoms with Crippen molar-refractivity contribution in [3.63, 3.8) is 0 Å². The Morgan fingerprint density at radius 3 is 2.40 bits per heavy atom. The molecule has 0 spiro atoms. The Morgan fingerprint density at radius 1 is 1.33 bits per heavy atom. The first-order chi connectivity index (χ1) is 7.07. The van der Waals surface area contributed by atoms with Crippen LogP contribution < -0.4 is 5.73 Å². The molecule has 15 heavy (non-hydrogen) atoms. The molecule has 1 atom stereocenters. The van der Waals surface area contributed by atoms with Gasteiger partial charge in [0.15, 0.2) is 0 Å². The maximum absolute atomic E-state index is 5.68. The number of hydrogen-bond acceptors (Lipinski definition) is 3. The van der Waals surface area contributed by atoms with E-state index >= 15 is 0 Å². The Morgan fingerprint density at radius 2 is 1.93 bits per heavy atom. The molecule has 0 radical (unpaired) electrons. The maximum Gasteiger partial charge on any atom is 0.0823 e. The third-order valence-electron chi connectivity index (χ3n) is 3.34. The van der Waals surface area contributed by atoms with Crippen LogP contribution in [0, 0.1) is 5.41 Å². The van der Waals surface area contributed by atoms with Gasteiger partial charge in [-0.2, -0.15) is 0 Å². The number of likely N-dealkylation sites (tertiary alicyclic amines) is 1. The quantitative estimate of drug-likeness (QED) is 0.753. The normalized spacial score (nSPS) is 24.0. The zero-order valence-corrected chi connectivity index (χ0v) is 10.5. The van der Waals surface area contributed by atoms with E-state index in [4.69, 9.17) is 10.5 Å². The molecule has 1 unspecified atom stereocenters. The summed E-state index contributed by atoms with van der Waals surface area (Å²) in [4.78, 5) is 2.48. The summed E-state index contributed by atoms with van der Waals surface area (Å²) < 4.78 is 5.58. The molecule has 90 valence electrons. The molecule has 0 aromatic carbocycles. The van der Waals surface area contributed by atoms with Crippen LogP contribution in [0.15, 0.2) is 0 Å². The van der Waals surface area contributed by atoms with Gasteiger partial charge in [-0.25, -0.2) is 0 Å². The van der Waals surface area contributed by atoms with Gasteiger partial charge in [0.1, 0.15) is 0 Å². The molecule has 1 fully saturated rings. The highest BCUT2D eigenvalue weighted by Crippen LogP contribution is 2.29. The van der Waals surface area contributed by atoms with Crippen LogP contribution in [-0.2, 0) is 4.74 Å². The predicted octanol–water partition coefficient (Wildman–Crippen LogP) is 1.47. The zero-order chi connectivity index (χ0) is 11.3. The van der Waals surface area contributed by atoms with E-state index in [2.05, 4.69) is 18.7 Å². The van der Waals surface area contributed by atoms with Crippen molar-refractivity contribution < 1.29 is 4.74 Å². The third kappa shape index (κ3) is 4.49. The highest BCUT2D eigenvalue weighted by molar-refractivity contribution is 4.80. The number of rotatable bonds is 5. The Bertz CT molecular complexity index is 172. The van der Waals surface area contributed by atoms with Gasteiger partial charge < -0.3 is 15.4 Å². The van der Waals surface area contributed by atoms with Crippen molar-refractivity contribution in [2.24, 2.45) is 11.1 Å². The van der Waals surface area contributed by atoms with Crippen LogP contribution in [-0.4, -0.2) is 43.8 Å². The average molecular weight is 214 g/mol. The molecular formula is C12H26N2O. The molecule has 0 amide bonds. The molecule has 0 aromatic rings. The van der Waals surface area contributed by atoms with E-state index in [1.807, 2.05) is 6.92 Å². The summed E-state index contributed by atoms with van der Waals surface area (Å²) in [7, 11) is 0. The zero-order valence-electron chi connectivity index (χ0n) is 10.5. The second kappa shape index (κ2) is 5.83. The summed E-state index contributed by atoms with van der Waals surface area (Å²) in [6.45, 7) is 11.5. The van der Waals surface area contributed by atoms with Gasteiger partial charge in [0.05, 0.1) is 6.10 Å². The number of nitrogens with zero attached hydrogens (tertiary/aromatic N) is 1. The number of hydrogen-bond donors (Lipinski definition) is 1. The topological polar surface area (TPSA) is 38.5 Å². The van der Waals surface area contributed by atoms with Crippen molar-refractivity contribution in [3.05, 3.63) is 0 Å². The van der Waals surface area contributed by atoms with Gasteiger partial charge in [0.25, 0.3) is 0 Å². The molecular weight excluding hydrogens is 188 g/mol. The number of nitrogens with two attached hydrogens (primary N) is 1. The van der Waals surface area contributed by atoms with Gasteiger partial charge in [0.2, 0.25) is 0 Å². The lowest BCUT2D eigenvalue weighted by molar-refractivity contribution is 0.0229. The number of piperidine rings is 1. The van der Waals surface area contributed by atoms with Crippen LogP contribution in [0.5, 0.6) is 0 Å². The first-order valence-corrected chi connectivity index (χ1v) is 6.11. The van der Waals surface area contributed by atoms with Crippen molar-refractivity contribution in [1.29, 1.82) is 0 Å². The summed E-state index contributed by atoms with van der Waals surface area (Å²) >= 11 is 0. The van der Waals surface area contributed by atoms with Crippen molar-refractivity contribution in [3.8, 4) is 0 Å². The fourth-order valence-corrected chi connectivity index (χ4v) is 2.06. The maximum atomic E-state index is 5.68. The van der Waals surface area contributed by atoms with E-state index in [0.717, 1.165) is 13.2 Å². The Labute approximate surface area is 94.0 Å². The summed E-state index contributed by atoms with van der Waals surface area (Å²) in [6.07, 6.45) is 2.79. The van der Waals surface area contributed by atoms with Crippen LogP contribution in [0.3, 0.4) is 0 Å². The van der Waals surface area contributed by atoms with Crippen molar-refractivity contribution in [2.45, 2.75) is 39.7 Å². The fraction of sp³-hybridized carbons (Fsp3) is 1.00. The van der Waals surface area contributed by atoms with Gasteiger partial charge in [-0.3, -0.25) is 0 Å². The van der Waals surface area contributed by atoms with Crippen molar-refractivity contribution in [2.75, 3.05) is 32.8 Å². The first kappa shape index (κ1) is 12.9. The Hall–Kier alpha value is -0.120. The smallest absolute Gasteiger partial charge is 0.0823 e. The lowest BCUT2D eigenvalue weighted by Gasteiger charge is -2.38. The fourth-order valence-electron chi connectivity index (χ4n) is 2.06. The van der Waals surface area contributed by atoms with Crippen LogP contribution in [0.1, 0.15) is 33.6 Å². The molecule has 0 saturated carbocycles. The van der Waals surface area contributed by atoms with Gasteiger partial charge in [0, 0.05) is 19.7 Å². The highest BCUT2D eigenvalue weighted by atomic mass is 16.5. The minimum Gasteiger partial charge on any atom is -0.376 e. The first-order valence-electron chi connectivity index (χ1n) is 6.11. The summed E-state index contributed by atoms with van der Waals surface area (Å²) in [5.74, 6) is 0. The second-order valence-electron chi connectivity index (χ2n) is 5.28. The minimum absolute atomic E-state index is 0.219. The van der Waals surface area contributed by atoms with Crippen molar-refractivity contribution in [1.82, 2.24) is 4.90 Å². The monoisotopic (exact) mass is 214 g/mol. The van der Waals surface area contributed by atoms with E-state index in [-0.39, 0.29) is 6.10 Å². The van der Waals surface area contributed by atoms with Gasteiger partial charge >= 0.3 is 0 Å². The van der Waals surface area contributed by atoms with Crippen LogP contribution >= 0.6 is 0 Å². The van der Waals surface area contributed by atoms with E-state index in [9.17, 15) is 0 Å². The van der Waals surface area contributed by atoms with Gasteiger partial charge in [-0.05, 0) is 38.3 Å². The summed E-state index contributed by atoms with van der Waals surface area (Å²) in [5.41, 5.74) is 6.21. The van der Waals surface area contributed by atoms with E-state index in [0.29, 0.717) is 12.0 Å². The van der Waals surface area contributed by atoms with Gasteiger partial charge in [-0.15, -0.1) is 0 Å². The standard InChI is InChI=1S/C12H26N2O/c1-4-15-11(9-13)10-14-7-5-12(2,3)6-8-14/h11H,4-10,13H2,1-3H3. The molecule has 1 heterocycles. The molecule has 3 heteroatoms. The van der Waals surface area contributed by atoms with Crippen LogP contribution in [0.2, 0.25) is 0 Å². The lowest BCUT2D eigenvalue weighted by atomic mass is 9.82. The number of ether oxygens (including phenoxy) is 1. The minimum atomic E-state index is 0.219. The van der Waals surface area contributed by atoms with Crippen LogP contribution in [0.4, 0.5) is 0 Å². The van der Waals surface area contributed by atoms with Gasteiger partial charge in [-0.1, -0.05) is 13.8 Å². The average Bonchev–Trinajstić information content (AvgIpc) is 2.20. The van der Waals surface area contributed by atoms with E-state index in [1.165, 1.54) is 25.9 Å². The molecule has 1 aliphatic rings. The lowest BCUT2D eigenvalue weighted by Crippen LogP contribution is -2.44. The third-order valence-corrected chi connectivity index (χ3v) is 3.34. The molecule has 1 saturated heterocycles. The molecule has 0 bridgehead atoms. The molecule has 1 aliphatic heterocycles. The van der Waals surface area contributed by atoms with Crippen molar-refractivity contribution >= 4 is 0 Å². The molecule has 3 nitrogen and oxygen atoms in total. The summed E-state index contributed by atoms with van der Waals surface area (Å²) in [5, 5.41) is 0. The molecule has 2 N–H and O–H groups in total. The molecule has 0 aliphatic carbocycles. The SMILES string of the molecule is CCOC(CN)CN1CCC(C)(C)CC1. The van der Waals surface area contributed by atoms with E-state index < -0.39 is 0 Å². The van der Waals surface area contributed by atoms with Crippen LogP contribution in [0.25, 0.3) is 0 Å².